The van der Waals surface area contributed by atoms with E-state index < -0.39 is 0 Å². The Labute approximate surface area is 111 Å². The fourth-order valence-electron chi connectivity index (χ4n) is 1.62. The standard InChI is InChI=1S/C14H16N4O/c1-3-10(2)16-14(19)12-8-9-18(17-12)13-7-5-4-6-11(13)15/h3-10H,1,15H2,2H3,(H,16,19). The third kappa shape index (κ3) is 2.82. The van der Waals surface area contributed by atoms with E-state index in [1.807, 2.05) is 25.1 Å². The van der Waals surface area contributed by atoms with Crippen molar-refractivity contribution in [3.63, 3.8) is 0 Å². The lowest BCUT2D eigenvalue weighted by Gasteiger charge is -2.07. The molecule has 2 rings (SSSR count). The maximum Gasteiger partial charge on any atom is 0.272 e. The zero-order valence-corrected chi connectivity index (χ0v) is 10.7. The molecule has 0 bridgehead atoms. The highest BCUT2D eigenvalue weighted by molar-refractivity contribution is 5.92. The summed E-state index contributed by atoms with van der Waals surface area (Å²) < 4.78 is 1.59. The number of hydrogen-bond donors (Lipinski definition) is 2. The Balaban J connectivity index is 2.22. The number of benzene rings is 1. The van der Waals surface area contributed by atoms with Crippen molar-refractivity contribution in [1.29, 1.82) is 0 Å². The molecule has 0 spiro atoms. The zero-order chi connectivity index (χ0) is 13.8. The zero-order valence-electron chi connectivity index (χ0n) is 10.7. The predicted octanol–water partition coefficient (Wildman–Crippen LogP) is 1.76. The number of nitrogens with zero attached hydrogens (tertiary/aromatic N) is 2. The molecule has 5 heteroatoms. The minimum absolute atomic E-state index is 0.0977. The first kappa shape index (κ1) is 12.9. The van der Waals surface area contributed by atoms with Crippen molar-refractivity contribution in [2.75, 3.05) is 5.73 Å². The topological polar surface area (TPSA) is 72.9 Å². The number of carbonyl (C=O) groups is 1. The normalized spacial score (nSPS) is 11.8. The summed E-state index contributed by atoms with van der Waals surface area (Å²) in [6.07, 6.45) is 3.36. The Kier molecular flexibility index (Phi) is 3.66. The second-order valence-electron chi connectivity index (χ2n) is 4.20. The number of nitrogen functional groups attached to an aromatic ring is 1. The maximum atomic E-state index is 11.9. The number of rotatable bonds is 4. The number of hydrogen-bond acceptors (Lipinski definition) is 3. The van der Waals surface area contributed by atoms with Crippen LogP contribution in [0, 0.1) is 0 Å². The number of para-hydroxylation sites is 2. The van der Waals surface area contributed by atoms with Crippen LogP contribution in [0.25, 0.3) is 5.69 Å². The van der Waals surface area contributed by atoms with Gasteiger partial charge < -0.3 is 11.1 Å². The van der Waals surface area contributed by atoms with E-state index in [2.05, 4.69) is 17.0 Å². The largest absolute Gasteiger partial charge is 0.397 e. The van der Waals surface area contributed by atoms with Gasteiger partial charge in [0, 0.05) is 12.2 Å². The molecule has 0 aliphatic rings. The predicted molar refractivity (Wildman–Crippen MR) is 75.1 cm³/mol. The third-order valence-electron chi connectivity index (χ3n) is 2.72. The van der Waals surface area contributed by atoms with Gasteiger partial charge in [0.1, 0.15) is 0 Å². The van der Waals surface area contributed by atoms with Crippen LogP contribution in [0.4, 0.5) is 5.69 Å². The van der Waals surface area contributed by atoms with Crippen LogP contribution in [0.2, 0.25) is 0 Å². The summed E-state index contributed by atoms with van der Waals surface area (Å²) in [5.74, 6) is -0.236. The summed E-state index contributed by atoms with van der Waals surface area (Å²) in [6, 6.07) is 8.90. The van der Waals surface area contributed by atoms with Gasteiger partial charge in [0.25, 0.3) is 5.91 Å². The van der Waals surface area contributed by atoms with E-state index in [0.717, 1.165) is 5.69 Å². The summed E-state index contributed by atoms with van der Waals surface area (Å²) in [5, 5.41) is 6.98. The summed E-state index contributed by atoms with van der Waals surface area (Å²) in [4.78, 5) is 11.9. The van der Waals surface area contributed by atoms with Crippen molar-refractivity contribution in [3.05, 3.63) is 54.9 Å². The van der Waals surface area contributed by atoms with E-state index in [4.69, 9.17) is 5.73 Å². The van der Waals surface area contributed by atoms with E-state index in [1.54, 1.807) is 29.1 Å². The molecule has 1 atom stereocenters. The van der Waals surface area contributed by atoms with Gasteiger partial charge in [0.2, 0.25) is 0 Å². The first-order chi connectivity index (χ1) is 9.11. The van der Waals surface area contributed by atoms with Crippen LogP contribution >= 0.6 is 0 Å². The average Bonchev–Trinajstić information content (AvgIpc) is 2.88. The molecule has 0 aliphatic carbocycles. The van der Waals surface area contributed by atoms with Crippen molar-refractivity contribution < 1.29 is 4.79 Å². The van der Waals surface area contributed by atoms with Gasteiger partial charge in [-0.1, -0.05) is 18.2 Å². The summed E-state index contributed by atoms with van der Waals surface area (Å²) in [6.45, 7) is 5.46. The quantitative estimate of drug-likeness (QED) is 0.646. The fraction of sp³-hybridized carbons (Fsp3) is 0.143. The van der Waals surface area contributed by atoms with Crippen LogP contribution < -0.4 is 11.1 Å². The molecule has 19 heavy (non-hydrogen) atoms. The van der Waals surface area contributed by atoms with Crippen LogP contribution in [-0.4, -0.2) is 21.7 Å². The second-order valence-corrected chi connectivity index (χ2v) is 4.20. The Bertz CT molecular complexity index is 603. The molecular weight excluding hydrogens is 240 g/mol. The van der Waals surface area contributed by atoms with Gasteiger partial charge in [-0.2, -0.15) is 5.10 Å². The molecule has 5 nitrogen and oxygen atoms in total. The molecule has 0 aliphatic heterocycles. The molecule has 2 aromatic rings. The Hall–Kier alpha value is -2.56. The van der Waals surface area contributed by atoms with Crippen LogP contribution in [0.1, 0.15) is 17.4 Å². The van der Waals surface area contributed by atoms with Gasteiger partial charge >= 0.3 is 0 Å². The summed E-state index contributed by atoms with van der Waals surface area (Å²) in [5.41, 5.74) is 7.57. The lowest BCUT2D eigenvalue weighted by atomic mass is 10.3. The van der Waals surface area contributed by atoms with Crippen molar-refractivity contribution in [1.82, 2.24) is 15.1 Å². The molecule has 3 N–H and O–H groups in total. The van der Waals surface area contributed by atoms with E-state index in [1.165, 1.54) is 0 Å². The molecule has 1 heterocycles. The molecule has 1 amide bonds. The van der Waals surface area contributed by atoms with Crippen molar-refractivity contribution in [2.45, 2.75) is 13.0 Å². The molecule has 1 aromatic carbocycles. The van der Waals surface area contributed by atoms with E-state index in [-0.39, 0.29) is 11.9 Å². The Morgan fingerprint density at radius 3 is 2.89 bits per heavy atom. The van der Waals surface area contributed by atoms with Crippen LogP contribution in [0.3, 0.4) is 0 Å². The molecule has 0 radical (unpaired) electrons. The van der Waals surface area contributed by atoms with Gasteiger partial charge in [-0.3, -0.25) is 4.79 Å². The molecule has 0 saturated carbocycles. The van der Waals surface area contributed by atoms with Gasteiger partial charge in [0.05, 0.1) is 11.4 Å². The Morgan fingerprint density at radius 1 is 1.47 bits per heavy atom. The number of nitrogens with one attached hydrogen (secondary N) is 1. The lowest BCUT2D eigenvalue weighted by Crippen LogP contribution is -2.31. The van der Waals surface area contributed by atoms with Crippen molar-refractivity contribution in [2.24, 2.45) is 0 Å². The SMILES string of the molecule is C=CC(C)NC(=O)c1ccn(-c2ccccc2N)n1. The summed E-state index contributed by atoms with van der Waals surface area (Å²) in [7, 11) is 0. The molecule has 0 saturated heterocycles. The van der Waals surface area contributed by atoms with Gasteiger partial charge in [-0.05, 0) is 25.1 Å². The minimum atomic E-state index is -0.236. The highest BCUT2D eigenvalue weighted by Gasteiger charge is 2.12. The van der Waals surface area contributed by atoms with Gasteiger partial charge in [0.15, 0.2) is 5.69 Å². The molecular formula is C14H16N4O. The van der Waals surface area contributed by atoms with Crippen molar-refractivity contribution >= 4 is 11.6 Å². The average molecular weight is 256 g/mol. The number of carbonyl (C=O) groups excluding carboxylic acids is 1. The van der Waals surface area contributed by atoms with E-state index in [0.29, 0.717) is 11.4 Å². The van der Waals surface area contributed by atoms with Gasteiger partial charge in [-0.25, -0.2) is 4.68 Å². The van der Waals surface area contributed by atoms with Crippen molar-refractivity contribution in [3.8, 4) is 5.69 Å². The number of amides is 1. The van der Waals surface area contributed by atoms with Crippen LogP contribution in [-0.2, 0) is 0 Å². The molecule has 98 valence electrons. The molecule has 1 unspecified atom stereocenters. The lowest BCUT2D eigenvalue weighted by molar-refractivity contribution is 0.0941. The fourth-order valence-corrected chi connectivity index (χ4v) is 1.62. The molecule has 1 aromatic heterocycles. The van der Waals surface area contributed by atoms with E-state index >= 15 is 0 Å². The maximum absolute atomic E-state index is 11.9. The highest BCUT2D eigenvalue weighted by atomic mass is 16.2. The third-order valence-corrected chi connectivity index (χ3v) is 2.72. The highest BCUT2D eigenvalue weighted by Crippen LogP contribution is 2.15. The first-order valence-electron chi connectivity index (χ1n) is 5.96. The number of aromatic nitrogens is 2. The smallest absolute Gasteiger partial charge is 0.272 e. The Morgan fingerprint density at radius 2 is 2.21 bits per heavy atom. The van der Waals surface area contributed by atoms with E-state index in [9.17, 15) is 4.79 Å². The summed E-state index contributed by atoms with van der Waals surface area (Å²) >= 11 is 0. The monoisotopic (exact) mass is 256 g/mol. The first-order valence-corrected chi connectivity index (χ1v) is 5.96. The minimum Gasteiger partial charge on any atom is -0.397 e. The van der Waals surface area contributed by atoms with Crippen LogP contribution in [0.15, 0.2) is 49.2 Å². The second kappa shape index (κ2) is 5.39. The number of anilines is 1. The molecule has 0 fully saturated rings. The van der Waals surface area contributed by atoms with Crippen LogP contribution in [0.5, 0.6) is 0 Å². The number of nitrogens with two attached hydrogens (primary N) is 1. The van der Waals surface area contributed by atoms with Gasteiger partial charge in [-0.15, -0.1) is 6.58 Å².